The second-order valence-corrected chi connectivity index (χ2v) is 5.04. The highest BCUT2D eigenvalue weighted by Gasteiger charge is 2.16. The molecule has 0 unspecified atom stereocenters. The summed E-state index contributed by atoms with van der Waals surface area (Å²) in [5, 5.41) is 4.26. The van der Waals surface area contributed by atoms with Gasteiger partial charge in [0.15, 0.2) is 0 Å². The Labute approximate surface area is 147 Å². The van der Waals surface area contributed by atoms with Crippen molar-refractivity contribution in [2.75, 3.05) is 7.11 Å². The lowest BCUT2D eigenvalue weighted by atomic mass is 10.1. The molecule has 0 radical (unpaired) electrons. The molecule has 9 heteroatoms. The van der Waals surface area contributed by atoms with Crippen LogP contribution in [0.3, 0.4) is 0 Å². The van der Waals surface area contributed by atoms with Gasteiger partial charge in [-0.1, -0.05) is 30.0 Å². The van der Waals surface area contributed by atoms with Crippen LogP contribution in [0, 0.1) is 5.82 Å². The standard InChI is InChI=1S/C17H15F3N3O3/c1-26-14-5-3-2-4-13(14)21-9-11-7-6-10(8-12(11)18)16(24)22-23-17(25)15(19)20/h2-8,15H,9H2,1H3,(H,22,24)(H,23,25)/q-1. The summed E-state index contributed by atoms with van der Waals surface area (Å²) in [4.78, 5) is 22.4. The molecule has 0 atom stereocenters. The van der Waals surface area contributed by atoms with E-state index in [1.165, 1.54) is 24.7 Å². The van der Waals surface area contributed by atoms with Crippen LogP contribution in [-0.4, -0.2) is 25.3 Å². The Balaban J connectivity index is 2.00. The second kappa shape index (κ2) is 8.75. The fourth-order valence-corrected chi connectivity index (χ4v) is 1.99. The largest absolute Gasteiger partial charge is 0.678 e. The summed E-state index contributed by atoms with van der Waals surface area (Å²) in [5.41, 5.74) is 3.94. The van der Waals surface area contributed by atoms with Crippen molar-refractivity contribution in [2.45, 2.75) is 13.0 Å². The Morgan fingerprint density at radius 3 is 2.54 bits per heavy atom. The van der Waals surface area contributed by atoms with E-state index in [0.717, 1.165) is 6.07 Å². The Kier molecular flexibility index (Phi) is 6.42. The molecule has 0 spiro atoms. The van der Waals surface area contributed by atoms with Gasteiger partial charge in [-0.05, 0) is 23.8 Å². The summed E-state index contributed by atoms with van der Waals surface area (Å²) in [6, 6.07) is 10.5. The van der Waals surface area contributed by atoms with Crippen LogP contribution in [0.5, 0.6) is 5.75 Å². The predicted octanol–water partition coefficient (Wildman–Crippen LogP) is 3.07. The van der Waals surface area contributed by atoms with Crippen molar-refractivity contribution >= 4 is 17.5 Å². The first kappa shape index (κ1) is 19.1. The monoisotopic (exact) mass is 366 g/mol. The zero-order valence-corrected chi connectivity index (χ0v) is 13.6. The molecule has 2 amide bonds. The Bertz CT molecular complexity index is 800. The molecule has 2 aromatic rings. The summed E-state index contributed by atoms with van der Waals surface area (Å²) in [7, 11) is 1.50. The molecule has 2 N–H and O–H groups in total. The van der Waals surface area contributed by atoms with Crippen LogP contribution in [0.25, 0.3) is 5.32 Å². The third-order valence-corrected chi connectivity index (χ3v) is 3.32. The number of alkyl halides is 2. The molecule has 0 aromatic heterocycles. The molecule has 0 aliphatic heterocycles. The average molecular weight is 366 g/mol. The van der Waals surface area contributed by atoms with Crippen LogP contribution in [0.4, 0.5) is 18.9 Å². The minimum absolute atomic E-state index is 0.0101. The average Bonchev–Trinajstić information content (AvgIpc) is 2.64. The number of nitrogens with zero attached hydrogens (tertiary/aromatic N) is 1. The van der Waals surface area contributed by atoms with Crippen molar-refractivity contribution in [1.82, 2.24) is 10.9 Å². The first-order chi connectivity index (χ1) is 12.4. The van der Waals surface area contributed by atoms with E-state index in [9.17, 15) is 22.8 Å². The van der Waals surface area contributed by atoms with Gasteiger partial charge in [-0.3, -0.25) is 20.4 Å². The smallest absolute Gasteiger partial charge is 0.317 e. The lowest BCUT2D eigenvalue weighted by molar-refractivity contribution is -0.132. The van der Waals surface area contributed by atoms with Crippen molar-refractivity contribution in [3.05, 3.63) is 64.7 Å². The number of para-hydroxylation sites is 2. The second-order valence-electron chi connectivity index (χ2n) is 5.04. The number of hydrazine groups is 1. The maximum atomic E-state index is 14.1. The molecular formula is C17H15F3N3O3-. The lowest BCUT2D eigenvalue weighted by Gasteiger charge is -2.24. The molecule has 6 nitrogen and oxygen atoms in total. The third-order valence-electron chi connectivity index (χ3n) is 3.32. The number of carbonyl (C=O) groups is 2. The van der Waals surface area contributed by atoms with Crippen LogP contribution in [-0.2, 0) is 11.3 Å². The highest BCUT2D eigenvalue weighted by Crippen LogP contribution is 2.32. The summed E-state index contributed by atoms with van der Waals surface area (Å²) in [6.07, 6.45) is -3.27. The first-order valence-corrected chi connectivity index (χ1v) is 7.39. The van der Waals surface area contributed by atoms with E-state index in [2.05, 4.69) is 5.32 Å². The van der Waals surface area contributed by atoms with Crippen molar-refractivity contribution in [3.8, 4) is 5.75 Å². The third kappa shape index (κ3) is 4.88. The van der Waals surface area contributed by atoms with Crippen LogP contribution in [0.1, 0.15) is 15.9 Å². The number of benzene rings is 2. The number of hydrogen-bond acceptors (Lipinski definition) is 3. The number of amides is 2. The van der Waals surface area contributed by atoms with E-state index < -0.39 is 24.1 Å². The van der Waals surface area contributed by atoms with Crippen molar-refractivity contribution in [1.29, 1.82) is 0 Å². The summed E-state index contributed by atoms with van der Waals surface area (Å²) < 4.78 is 43.4. The van der Waals surface area contributed by atoms with E-state index in [0.29, 0.717) is 11.4 Å². The summed E-state index contributed by atoms with van der Waals surface area (Å²) in [6.45, 7) is 0.0101. The van der Waals surface area contributed by atoms with E-state index in [4.69, 9.17) is 4.74 Å². The molecule has 0 fully saturated rings. The van der Waals surface area contributed by atoms with E-state index >= 15 is 0 Å². The van der Waals surface area contributed by atoms with Gasteiger partial charge in [0.25, 0.3) is 5.91 Å². The highest BCUT2D eigenvalue weighted by atomic mass is 19.3. The van der Waals surface area contributed by atoms with Gasteiger partial charge in [0, 0.05) is 5.56 Å². The fourth-order valence-electron chi connectivity index (χ4n) is 1.99. The normalized spacial score (nSPS) is 10.3. The topological polar surface area (TPSA) is 81.5 Å². The molecule has 0 saturated carbocycles. The quantitative estimate of drug-likeness (QED) is 0.771. The molecule has 0 saturated heterocycles. The Morgan fingerprint density at radius 2 is 1.88 bits per heavy atom. The number of nitrogens with one attached hydrogen (secondary N) is 2. The van der Waals surface area contributed by atoms with Crippen LogP contribution >= 0.6 is 0 Å². The summed E-state index contributed by atoms with van der Waals surface area (Å²) >= 11 is 0. The number of rotatable bonds is 6. The van der Waals surface area contributed by atoms with Gasteiger partial charge < -0.3 is 10.1 Å². The zero-order chi connectivity index (χ0) is 19.1. The van der Waals surface area contributed by atoms with E-state index in [-0.39, 0.29) is 17.7 Å². The Hall–Kier alpha value is -3.23. The van der Waals surface area contributed by atoms with Crippen LogP contribution in [0.2, 0.25) is 0 Å². The minimum atomic E-state index is -3.27. The molecule has 138 valence electrons. The molecule has 0 heterocycles. The van der Waals surface area contributed by atoms with Gasteiger partial charge in [-0.15, -0.1) is 6.54 Å². The number of halogens is 3. The molecule has 0 aliphatic carbocycles. The molecule has 0 bridgehead atoms. The zero-order valence-electron chi connectivity index (χ0n) is 13.6. The maximum absolute atomic E-state index is 14.1. The maximum Gasteiger partial charge on any atom is 0.317 e. The van der Waals surface area contributed by atoms with Crippen LogP contribution in [0.15, 0.2) is 42.5 Å². The van der Waals surface area contributed by atoms with Gasteiger partial charge in [-0.2, -0.15) is 8.78 Å². The Morgan fingerprint density at radius 1 is 1.15 bits per heavy atom. The van der Waals surface area contributed by atoms with Crippen molar-refractivity contribution in [3.63, 3.8) is 0 Å². The number of ether oxygens (including phenoxy) is 1. The number of hydrogen-bond donors (Lipinski definition) is 2. The molecule has 2 rings (SSSR count). The van der Waals surface area contributed by atoms with Gasteiger partial charge in [0.1, 0.15) is 11.6 Å². The predicted molar refractivity (Wildman–Crippen MR) is 87.7 cm³/mol. The molecular weight excluding hydrogens is 351 g/mol. The molecule has 2 aromatic carbocycles. The first-order valence-electron chi connectivity index (χ1n) is 7.39. The lowest BCUT2D eigenvalue weighted by Crippen LogP contribution is -2.44. The van der Waals surface area contributed by atoms with Gasteiger partial charge in [-0.25, -0.2) is 4.39 Å². The molecule has 0 aliphatic rings. The van der Waals surface area contributed by atoms with Crippen molar-refractivity contribution < 1.29 is 27.5 Å². The summed E-state index contributed by atoms with van der Waals surface area (Å²) in [5.74, 6) is -2.74. The SMILES string of the molecule is COc1ccccc1[N-]Cc1ccc(C(=O)NNC(=O)C(F)F)cc1F. The van der Waals surface area contributed by atoms with Gasteiger partial charge in [0.05, 0.1) is 7.11 Å². The highest BCUT2D eigenvalue weighted by molar-refractivity contribution is 5.95. The molecule has 26 heavy (non-hydrogen) atoms. The minimum Gasteiger partial charge on any atom is -0.678 e. The van der Waals surface area contributed by atoms with Crippen molar-refractivity contribution in [2.24, 2.45) is 0 Å². The van der Waals surface area contributed by atoms with E-state index in [1.807, 2.05) is 0 Å². The number of carbonyl (C=O) groups excluding carboxylic acids is 2. The van der Waals surface area contributed by atoms with Gasteiger partial charge >= 0.3 is 12.3 Å². The fraction of sp³-hybridized carbons (Fsp3) is 0.176. The van der Waals surface area contributed by atoms with Gasteiger partial charge in [0.2, 0.25) is 0 Å². The van der Waals surface area contributed by atoms with Crippen LogP contribution < -0.4 is 15.6 Å². The van der Waals surface area contributed by atoms with E-state index in [1.54, 1.807) is 29.7 Å². The number of methoxy groups -OCH3 is 1.